The second-order valence-corrected chi connectivity index (χ2v) is 8.26. The van der Waals surface area contributed by atoms with Gasteiger partial charge in [0, 0.05) is 22.9 Å². The predicted molar refractivity (Wildman–Crippen MR) is 127 cm³/mol. The number of pyridine rings is 1. The average molecular weight is 428 g/mol. The van der Waals surface area contributed by atoms with Crippen LogP contribution in [0.4, 0.5) is 5.69 Å². The van der Waals surface area contributed by atoms with Gasteiger partial charge in [-0.05, 0) is 64.2 Å². The van der Waals surface area contributed by atoms with E-state index in [1.807, 2.05) is 18.2 Å². The van der Waals surface area contributed by atoms with Crippen molar-refractivity contribution in [2.24, 2.45) is 5.18 Å². The molecule has 0 bridgehead atoms. The van der Waals surface area contributed by atoms with Gasteiger partial charge >= 0.3 is 0 Å². The normalized spacial score (nSPS) is 11.6. The summed E-state index contributed by atoms with van der Waals surface area (Å²) in [5.41, 5.74) is 4.72. The molecule has 0 unspecified atom stereocenters. The van der Waals surface area contributed by atoms with E-state index in [1.54, 1.807) is 50.8 Å². The minimum atomic E-state index is -0.219. The smallest absolute Gasteiger partial charge is 0.221 e. The first kappa shape index (κ1) is 22.7. The summed E-state index contributed by atoms with van der Waals surface area (Å²) in [6.45, 7) is 6.33. The van der Waals surface area contributed by atoms with Crippen LogP contribution in [0.25, 0.3) is 22.8 Å². The molecule has 0 saturated heterocycles. The highest BCUT2D eigenvalue weighted by Gasteiger charge is 2.23. The van der Waals surface area contributed by atoms with Crippen LogP contribution in [0.15, 0.2) is 59.9 Å². The molecule has 0 aliphatic heterocycles. The lowest BCUT2D eigenvalue weighted by Crippen LogP contribution is -2.14. The average Bonchev–Trinajstić information content (AvgIpc) is 2.81. The summed E-state index contributed by atoms with van der Waals surface area (Å²) in [4.78, 5) is 15.0. The monoisotopic (exact) mass is 427 g/mol. The predicted octanol–water partition coefficient (Wildman–Crippen LogP) is 6.53. The van der Waals surface area contributed by atoms with Crippen LogP contribution < -0.4 is 9.47 Å². The molecule has 2 aromatic carbocycles. The first-order chi connectivity index (χ1) is 15.3. The van der Waals surface area contributed by atoms with Gasteiger partial charge in [-0.25, -0.2) is 4.98 Å². The van der Waals surface area contributed by atoms with Gasteiger partial charge in [-0.1, -0.05) is 32.9 Å². The molecule has 0 radical (unpaired) electrons. The minimum absolute atomic E-state index is 0.219. The maximum absolute atomic E-state index is 10.7. The van der Waals surface area contributed by atoms with Gasteiger partial charge < -0.3 is 9.47 Å². The fourth-order valence-corrected chi connectivity index (χ4v) is 3.51. The van der Waals surface area contributed by atoms with Crippen molar-refractivity contribution in [3.05, 3.63) is 76.3 Å². The van der Waals surface area contributed by atoms with Crippen molar-refractivity contribution in [2.45, 2.75) is 26.2 Å². The highest BCUT2D eigenvalue weighted by molar-refractivity contribution is 5.92. The number of allylic oxidation sites excluding steroid dienone is 1. The lowest BCUT2D eigenvalue weighted by molar-refractivity contribution is 0.396. The van der Waals surface area contributed by atoms with Crippen molar-refractivity contribution < 1.29 is 9.47 Å². The van der Waals surface area contributed by atoms with Crippen molar-refractivity contribution in [3.8, 4) is 28.8 Å². The van der Waals surface area contributed by atoms with Crippen LogP contribution in [-0.2, 0) is 5.41 Å². The molecule has 0 fully saturated rings. The zero-order chi connectivity index (χ0) is 23.3. The minimum Gasteiger partial charge on any atom is -0.496 e. The Labute approximate surface area is 188 Å². The number of aromatic nitrogens is 1. The van der Waals surface area contributed by atoms with Crippen molar-refractivity contribution >= 4 is 17.3 Å². The summed E-state index contributed by atoms with van der Waals surface area (Å²) in [6.07, 6.45) is 3.48. The summed E-state index contributed by atoms with van der Waals surface area (Å²) >= 11 is 0. The van der Waals surface area contributed by atoms with E-state index in [4.69, 9.17) is 9.47 Å². The molecule has 0 saturated carbocycles. The second-order valence-electron chi connectivity index (χ2n) is 8.26. The molecule has 0 N–H and O–H groups in total. The third-order valence-electron chi connectivity index (χ3n) is 5.11. The van der Waals surface area contributed by atoms with E-state index in [-0.39, 0.29) is 5.41 Å². The Balaban J connectivity index is 2.28. The zero-order valence-corrected chi connectivity index (χ0v) is 18.8. The van der Waals surface area contributed by atoms with E-state index in [2.05, 4.69) is 43.1 Å². The molecule has 0 spiro atoms. The van der Waals surface area contributed by atoms with Crippen LogP contribution in [0, 0.1) is 16.2 Å². The SMILES string of the molecule is COc1ncccc1-c1cc(/C=C(\C#N)c2ccc(N=O)cc2)c(OC)c(C(C)(C)C)c1. The highest BCUT2D eigenvalue weighted by atomic mass is 16.5. The van der Waals surface area contributed by atoms with Crippen LogP contribution in [0.1, 0.15) is 37.5 Å². The molecule has 6 heteroatoms. The molecular formula is C26H25N3O3. The topological polar surface area (TPSA) is 84.6 Å². The van der Waals surface area contributed by atoms with Gasteiger partial charge in [-0.3, -0.25) is 0 Å². The molecule has 0 aliphatic rings. The lowest BCUT2D eigenvalue weighted by Gasteiger charge is -2.25. The third-order valence-corrected chi connectivity index (χ3v) is 5.11. The van der Waals surface area contributed by atoms with E-state index < -0.39 is 0 Å². The van der Waals surface area contributed by atoms with Gasteiger partial charge in [0.1, 0.15) is 11.4 Å². The van der Waals surface area contributed by atoms with Gasteiger partial charge in [0.15, 0.2) is 0 Å². The van der Waals surface area contributed by atoms with E-state index in [0.717, 1.165) is 22.3 Å². The number of hydrogen-bond donors (Lipinski definition) is 0. The van der Waals surface area contributed by atoms with Gasteiger partial charge in [0.2, 0.25) is 5.88 Å². The third kappa shape index (κ3) is 4.68. The number of benzene rings is 2. The van der Waals surface area contributed by atoms with Gasteiger partial charge in [-0.15, -0.1) is 4.91 Å². The summed E-state index contributed by atoms with van der Waals surface area (Å²) in [5, 5.41) is 12.8. The van der Waals surface area contributed by atoms with Crippen LogP contribution >= 0.6 is 0 Å². The van der Waals surface area contributed by atoms with Crippen molar-refractivity contribution in [3.63, 3.8) is 0 Å². The summed E-state index contributed by atoms with van der Waals surface area (Å²) in [7, 11) is 3.22. The molecule has 0 amide bonds. The van der Waals surface area contributed by atoms with Crippen molar-refractivity contribution in [2.75, 3.05) is 14.2 Å². The number of nitrogens with zero attached hydrogens (tertiary/aromatic N) is 3. The molecule has 6 nitrogen and oxygen atoms in total. The molecular weight excluding hydrogens is 402 g/mol. The lowest BCUT2D eigenvalue weighted by atomic mass is 9.82. The standard InChI is InChI=1S/C26H25N3O3/c1-26(2,3)23-15-18(22-7-6-12-28-25(22)32-5)13-19(24(23)31-4)14-20(16-27)17-8-10-21(29-30)11-9-17/h6-15H,1-5H3/b20-14+. The molecule has 3 rings (SSSR count). The Morgan fingerprint density at radius 3 is 2.38 bits per heavy atom. The zero-order valence-electron chi connectivity index (χ0n) is 18.8. The number of methoxy groups -OCH3 is 2. The highest BCUT2D eigenvalue weighted by Crippen LogP contribution is 2.41. The second kappa shape index (κ2) is 9.44. The van der Waals surface area contributed by atoms with Crippen LogP contribution in [0.5, 0.6) is 11.6 Å². The van der Waals surface area contributed by atoms with Gasteiger partial charge in [-0.2, -0.15) is 5.26 Å². The number of nitroso groups, excluding NO2 is 1. The Hall–Kier alpha value is -3.98. The number of rotatable bonds is 6. The van der Waals surface area contributed by atoms with Crippen LogP contribution in [0.3, 0.4) is 0 Å². The maximum atomic E-state index is 10.7. The van der Waals surface area contributed by atoms with E-state index in [9.17, 15) is 10.2 Å². The van der Waals surface area contributed by atoms with Crippen LogP contribution in [-0.4, -0.2) is 19.2 Å². The number of hydrogen-bond acceptors (Lipinski definition) is 6. The Kier molecular flexibility index (Phi) is 6.70. The fourth-order valence-electron chi connectivity index (χ4n) is 3.51. The summed E-state index contributed by atoms with van der Waals surface area (Å²) in [5.74, 6) is 1.22. The van der Waals surface area contributed by atoms with E-state index in [1.165, 1.54) is 0 Å². The quantitative estimate of drug-likeness (QED) is 0.254. The van der Waals surface area contributed by atoms with Crippen molar-refractivity contribution in [1.82, 2.24) is 4.98 Å². The first-order valence-corrected chi connectivity index (χ1v) is 10.1. The molecule has 1 heterocycles. The summed E-state index contributed by atoms with van der Waals surface area (Å²) in [6, 6.07) is 16.7. The fraction of sp³-hybridized carbons (Fsp3) is 0.231. The molecule has 3 aromatic rings. The van der Waals surface area contributed by atoms with Gasteiger partial charge in [0.05, 0.1) is 25.9 Å². The Bertz CT molecular complexity index is 1200. The van der Waals surface area contributed by atoms with E-state index in [0.29, 0.717) is 28.5 Å². The number of ether oxygens (including phenoxy) is 2. The van der Waals surface area contributed by atoms with Crippen molar-refractivity contribution in [1.29, 1.82) is 5.26 Å². The Morgan fingerprint density at radius 1 is 1.09 bits per heavy atom. The maximum Gasteiger partial charge on any atom is 0.221 e. The van der Waals surface area contributed by atoms with Gasteiger partial charge in [0.25, 0.3) is 0 Å². The molecule has 32 heavy (non-hydrogen) atoms. The Morgan fingerprint density at radius 2 is 1.81 bits per heavy atom. The van der Waals surface area contributed by atoms with Crippen LogP contribution in [0.2, 0.25) is 0 Å². The molecule has 162 valence electrons. The molecule has 0 aliphatic carbocycles. The first-order valence-electron chi connectivity index (χ1n) is 10.1. The van der Waals surface area contributed by atoms with E-state index >= 15 is 0 Å². The largest absolute Gasteiger partial charge is 0.496 e. The summed E-state index contributed by atoms with van der Waals surface area (Å²) < 4.78 is 11.3. The molecule has 1 aromatic heterocycles. The molecule has 0 atom stereocenters. The number of nitriles is 1.